The number of piperidine rings is 1. The van der Waals surface area contributed by atoms with E-state index in [0.717, 1.165) is 0 Å². The molecule has 2 aromatic carbocycles. The minimum Gasteiger partial charge on any atom is -0.390 e. The third-order valence-corrected chi connectivity index (χ3v) is 10.1. The van der Waals surface area contributed by atoms with Crippen LogP contribution in [0.2, 0.25) is 5.02 Å². The summed E-state index contributed by atoms with van der Waals surface area (Å²) in [5.74, 6) is -5.91. The molecule has 0 spiro atoms. The molecule has 2 aromatic heterocycles. The molecule has 12 nitrogen and oxygen atoms in total. The lowest BCUT2D eigenvalue weighted by atomic mass is 9.89. The Hall–Kier alpha value is -4.84. The zero-order chi connectivity index (χ0) is 36.4. The third kappa shape index (κ3) is 6.13. The number of anilines is 3. The Bertz CT molecular complexity index is 2130. The molecule has 3 aliphatic rings. The van der Waals surface area contributed by atoms with Crippen LogP contribution in [0.5, 0.6) is 0 Å². The Kier molecular flexibility index (Phi) is 8.64. The number of alkyl halides is 2. The lowest BCUT2D eigenvalue weighted by molar-refractivity contribution is -0.111. The summed E-state index contributed by atoms with van der Waals surface area (Å²) in [6.07, 6.45) is 0.333. The number of ether oxygens (including phenoxy) is 1. The Balaban J connectivity index is 1.23. The summed E-state index contributed by atoms with van der Waals surface area (Å²) in [5.41, 5.74) is 0.781. The SMILES string of the molecule is [C-]#[N+]c1cc(Cl)c(Nc2ccc3c(c2)n(CCC(C)(C)O)c(=O)n3CC2COC2)nc1N1C[C@@H](C)C(F)(F)[C@@H](N2C(=O)c3ccccc3C2=O)C1. The molecule has 0 bridgehead atoms. The van der Waals surface area contributed by atoms with Gasteiger partial charge in [-0.05, 0) is 56.7 Å². The zero-order valence-corrected chi connectivity index (χ0v) is 29.0. The summed E-state index contributed by atoms with van der Waals surface area (Å²) < 4.78 is 40.4. The molecule has 7 rings (SSSR count). The Morgan fingerprint density at radius 1 is 1.06 bits per heavy atom. The van der Waals surface area contributed by atoms with E-state index in [1.54, 1.807) is 47.2 Å². The summed E-state index contributed by atoms with van der Waals surface area (Å²) >= 11 is 6.62. The van der Waals surface area contributed by atoms with Gasteiger partial charge in [0, 0.05) is 43.7 Å². The van der Waals surface area contributed by atoms with Gasteiger partial charge in [-0.15, -0.1) is 0 Å². The first-order valence-corrected chi connectivity index (χ1v) is 17.0. The number of hydrogen-bond acceptors (Lipinski definition) is 8. The summed E-state index contributed by atoms with van der Waals surface area (Å²) in [6, 6.07) is 10.9. The van der Waals surface area contributed by atoms with Gasteiger partial charge in [-0.2, -0.15) is 0 Å². The van der Waals surface area contributed by atoms with Gasteiger partial charge in [0.2, 0.25) is 5.69 Å². The van der Waals surface area contributed by atoms with E-state index in [4.69, 9.17) is 22.9 Å². The van der Waals surface area contributed by atoms with Crippen molar-refractivity contribution in [1.82, 2.24) is 19.0 Å². The maximum atomic E-state index is 15.9. The molecule has 2 atom stereocenters. The van der Waals surface area contributed by atoms with E-state index < -0.39 is 41.8 Å². The van der Waals surface area contributed by atoms with Crippen LogP contribution in [0.4, 0.5) is 31.8 Å². The van der Waals surface area contributed by atoms with Crippen molar-refractivity contribution in [3.05, 3.63) is 86.6 Å². The normalized spacial score (nSPS) is 20.4. The highest BCUT2D eigenvalue weighted by atomic mass is 35.5. The molecule has 0 unspecified atom stereocenters. The number of carbonyl (C=O) groups is 2. The van der Waals surface area contributed by atoms with Crippen molar-refractivity contribution in [2.75, 3.05) is 36.5 Å². The molecule has 51 heavy (non-hydrogen) atoms. The van der Waals surface area contributed by atoms with Gasteiger partial charge in [-0.3, -0.25) is 23.6 Å². The molecule has 2 fully saturated rings. The van der Waals surface area contributed by atoms with Crippen molar-refractivity contribution < 1.29 is 28.2 Å². The highest BCUT2D eigenvalue weighted by molar-refractivity contribution is 6.33. The lowest BCUT2D eigenvalue weighted by Gasteiger charge is -2.45. The Labute approximate surface area is 297 Å². The predicted octanol–water partition coefficient (Wildman–Crippen LogP) is 5.71. The highest BCUT2D eigenvalue weighted by Gasteiger charge is 2.57. The minimum absolute atomic E-state index is 0.0111. The molecule has 266 valence electrons. The van der Waals surface area contributed by atoms with Crippen LogP contribution in [0.25, 0.3) is 15.9 Å². The number of benzene rings is 2. The standard InChI is InChI=1S/C36H36ClF2N7O5/c1-20-15-43(17-29(36(20,38)39)46-32(47)23-7-5-6-8-24(23)33(46)48)31-26(40-4)14-25(37)30(42-31)41-22-9-10-27-28(13-22)44(12-11-35(2,3)50)34(49)45(27)16-21-18-51-19-21/h5-10,13-14,20-21,29,50H,11-12,15-19H2,1-3H3,(H,41,42)/t20-,29+/m1/s1. The number of amides is 2. The average Bonchev–Trinajstić information content (AvgIpc) is 3.47. The Morgan fingerprint density at radius 3 is 2.35 bits per heavy atom. The fourth-order valence-corrected chi connectivity index (χ4v) is 7.13. The van der Waals surface area contributed by atoms with Gasteiger partial charge in [0.15, 0.2) is 0 Å². The first-order chi connectivity index (χ1) is 24.2. The molecule has 4 aromatic rings. The molecule has 2 amide bonds. The number of rotatable bonds is 9. The number of aromatic nitrogens is 3. The number of nitrogens with one attached hydrogen (secondary N) is 1. The van der Waals surface area contributed by atoms with Crippen LogP contribution in [0, 0.1) is 18.4 Å². The first-order valence-electron chi connectivity index (χ1n) is 16.7. The van der Waals surface area contributed by atoms with Crippen LogP contribution in [0.1, 0.15) is 47.9 Å². The van der Waals surface area contributed by atoms with Gasteiger partial charge in [-0.25, -0.2) is 23.4 Å². The largest absolute Gasteiger partial charge is 0.390 e. The molecule has 2 saturated heterocycles. The van der Waals surface area contributed by atoms with Crippen LogP contribution in [-0.2, 0) is 17.8 Å². The van der Waals surface area contributed by atoms with Crippen molar-refractivity contribution in [2.24, 2.45) is 11.8 Å². The van der Waals surface area contributed by atoms with E-state index in [-0.39, 0.29) is 58.2 Å². The summed E-state index contributed by atoms with van der Waals surface area (Å²) in [6.45, 7) is 13.8. The molecule has 0 radical (unpaired) electrons. The van der Waals surface area contributed by atoms with Gasteiger partial charge in [0.25, 0.3) is 17.7 Å². The first kappa shape index (κ1) is 34.6. The topological polar surface area (TPSA) is 126 Å². The maximum absolute atomic E-state index is 15.9. The average molecular weight is 720 g/mol. The Morgan fingerprint density at radius 2 is 1.75 bits per heavy atom. The third-order valence-electron chi connectivity index (χ3n) is 9.86. The fraction of sp³-hybridized carbons (Fsp3) is 0.417. The number of fused-ring (bicyclic) bond motifs is 2. The number of nitrogens with zero attached hydrogens (tertiary/aromatic N) is 6. The van der Waals surface area contributed by atoms with Crippen LogP contribution >= 0.6 is 11.6 Å². The van der Waals surface area contributed by atoms with Crippen molar-refractivity contribution in [3.8, 4) is 0 Å². The van der Waals surface area contributed by atoms with Crippen molar-refractivity contribution in [3.63, 3.8) is 0 Å². The van der Waals surface area contributed by atoms with Gasteiger partial charge >= 0.3 is 5.69 Å². The smallest absolute Gasteiger partial charge is 0.329 e. The molecule has 5 heterocycles. The van der Waals surface area contributed by atoms with E-state index in [2.05, 4.69) is 15.1 Å². The maximum Gasteiger partial charge on any atom is 0.329 e. The van der Waals surface area contributed by atoms with Crippen molar-refractivity contribution in [1.29, 1.82) is 0 Å². The summed E-state index contributed by atoms with van der Waals surface area (Å²) in [7, 11) is 0. The lowest BCUT2D eigenvalue weighted by Crippen LogP contribution is -2.63. The molecule has 2 N–H and O–H groups in total. The van der Waals surface area contributed by atoms with E-state index >= 15 is 8.78 Å². The summed E-state index contributed by atoms with van der Waals surface area (Å²) in [5, 5.41) is 13.7. The number of hydrogen-bond donors (Lipinski definition) is 2. The monoisotopic (exact) mass is 719 g/mol. The van der Waals surface area contributed by atoms with Crippen LogP contribution in [0.15, 0.2) is 53.3 Å². The number of carbonyl (C=O) groups excluding carboxylic acids is 2. The van der Waals surface area contributed by atoms with Gasteiger partial charge in [0.05, 0.1) is 52.6 Å². The number of imide groups is 1. The van der Waals surface area contributed by atoms with Crippen molar-refractivity contribution >= 4 is 57.5 Å². The molecule has 0 saturated carbocycles. The highest BCUT2D eigenvalue weighted by Crippen LogP contribution is 2.43. The molecule has 15 heteroatoms. The van der Waals surface area contributed by atoms with Crippen molar-refractivity contribution in [2.45, 2.75) is 57.8 Å². The van der Waals surface area contributed by atoms with E-state index in [1.165, 1.54) is 30.0 Å². The molecular formula is C36H36ClF2N7O5. The fourth-order valence-electron chi connectivity index (χ4n) is 6.94. The van der Waals surface area contributed by atoms with Crippen LogP contribution in [-0.4, -0.2) is 79.8 Å². The van der Waals surface area contributed by atoms with Gasteiger partial charge < -0.3 is 20.1 Å². The van der Waals surface area contributed by atoms with E-state index in [0.29, 0.717) is 47.8 Å². The number of imidazole rings is 1. The van der Waals surface area contributed by atoms with Gasteiger partial charge in [0.1, 0.15) is 17.7 Å². The molecule has 3 aliphatic heterocycles. The minimum atomic E-state index is -3.42. The molecule has 0 aliphatic carbocycles. The van der Waals surface area contributed by atoms with E-state index in [1.807, 2.05) is 6.07 Å². The van der Waals surface area contributed by atoms with E-state index in [9.17, 15) is 19.5 Å². The predicted molar refractivity (Wildman–Crippen MR) is 187 cm³/mol. The summed E-state index contributed by atoms with van der Waals surface area (Å²) in [4.78, 5) is 50.5. The second kappa shape index (κ2) is 12.7. The van der Waals surface area contributed by atoms with Crippen LogP contribution < -0.4 is 15.9 Å². The molecular weight excluding hydrogens is 684 g/mol. The number of halogens is 3. The number of aryl methyl sites for hydroxylation is 1. The number of pyridine rings is 1. The second-order valence-corrected chi connectivity index (χ2v) is 14.5. The van der Waals surface area contributed by atoms with Crippen LogP contribution in [0.3, 0.4) is 0 Å². The quantitative estimate of drug-likeness (QED) is 0.167. The van der Waals surface area contributed by atoms with Gasteiger partial charge in [-0.1, -0.05) is 30.7 Å². The second-order valence-electron chi connectivity index (χ2n) is 14.1. The zero-order valence-electron chi connectivity index (χ0n) is 28.2. The number of aliphatic hydroxyl groups is 1.